The van der Waals surface area contributed by atoms with Crippen molar-refractivity contribution in [3.05, 3.63) is 77.9 Å². The van der Waals surface area contributed by atoms with Gasteiger partial charge in [0.05, 0.1) is 22.5 Å². The van der Waals surface area contributed by atoms with Crippen molar-refractivity contribution in [1.82, 2.24) is 5.32 Å². The van der Waals surface area contributed by atoms with Crippen molar-refractivity contribution >= 4 is 27.6 Å². The van der Waals surface area contributed by atoms with Gasteiger partial charge in [-0.05, 0) is 73.4 Å². The van der Waals surface area contributed by atoms with Crippen molar-refractivity contribution in [2.75, 3.05) is 10.8 Å². The Morgan fingerprint density at radius 3 is 2.52 bits per heavy atom. The van der Waals surface area contributed by atoms with Crippen LogP contribution in [0.1, 0.15) is 31.7 Å². The number of ether oxygens (including phenoxy) is 1. The number of amides is 1. The van der Waals surface area contributed by atoms with E-state index in [1.165, 1.54) is 37.3 Å². The Balaban J connectivity index is 1.54. The number of aryl methyl sites for hydroxylation is 1. The number of carboxylic acids is 1. The SMILES string of the molecule is CC(=O)NC1CC(C[C@H]2CN(S(=O)(=O)c3cccc(C)c3)c3cc(-c4cc(F)ccc4F)ccc3O2)(C(=O)O)C1. The first kappa shape index (κ1) is 27.6. The monoisotopic (exact) mass is 570 g/mol. The smallest absolute Gasteiger partial charge is 0.309 e. The van der Waals surface area contributed by atoms with Crippen LogP contribution >= 0.6 is 0 Å². The van der Waals surface area contributed by atoms with Gasteiger partial charge < -0.3 is 15.2 Å². The number of carbonyl (C=O) groups is 2. The molecule has 1 heterocycles. The largest absolute Gasteiger partial charge is 0.486 e. The zero-order valence-corrected chi connectivity index (χ0v) is 22.7. The van der Waals surface area contributed by atoms with Crippen molar-refractivity contribution in [1.29, 1.82) is 0 Å². The Hall–Kier alpha value is -3.99. The summed E-state index contributed by atoms with van der Waals surface area (Å²) in [4.78, 5) is 23.8. The van der Waals surface area contributed by atoms with Crippen LogP contribution in [0.25, 0.3) is 11.1 Å². The molecule has 3 aromatic carbocycles. The highest BCUT2D eigenvalue weighted by atomic mass is 32.2. The number of carbonyl (C=O) groups excluding carboxylic acids is 1. The lowest BCUT2D eigenvalue weighted by Gasteiger charge is -2.47. The molecule has 8 nitrogen and oxygen atoms in total. The Kier molecular flexibility index (Phi) is 7.03. The second-order valence-electron chi connectivity index (χ2n) is 10.5. The van der Waals surface area contributed by atoms with Crippen LogP contribution in [-0.4, -0.2) is 44.1 Å². The van der Waals surface area contributed by atoms with Gasteiger partial charge in [-0.1, -0.05) is 18.2 Å². The minimum absolute atomic E-state index is 0.0119. The van der Waals surface area contributed by atoms with Crippen molar-refractivity contribution in [2.24, 2.45) is 5.41 Å². The van der Waals surface area contributed by atoms with Gasteiger partial charge in [-0.15, -0.1) is 0 Å². The molecule has 1 aliphatic heterocycles. The summed E-state index contributed by atoms with van der Waals surface area (Å²) in [7, 11) is -4.16. The maximum Gasteiger partial charge on any atom is 0.309 e. The van der Waals surface area contributed by atoms with Crippen LogP contribution in [0.4, 0.5) is 14.5 Å². The van der Waals surface area contributed by atoms with Crippen LogP contribution in [0.5, 0.6) is 5.75 Å². The van der Waals surface area contributed by atoms with Crippen LogP contribution in [0, 0.1) is 24.0 Å². The third kappa shape index (κ3) is 5.13. The molecule has 1 aliphatic carbocycles. The molecular weight excluding hydrogens is 542 g/mol. The van der Waals surface area contributed by atoms with Gasteiger partial charge in [-0.3, -0.25) is 13.9 Å². The lowest BCUT2D eigenvalue weighted by molar-refractivity contribution is -0.159. The number of anilines is 1. The molecule has 11 heteroatoms. The number of sulfonamides is 1. The molecule has 0 radical (unpaired) electrons. The van der Waals surface area contributed by atoms with E-state index in [1.807, 2.05) is 0 Å². The molecule has 2 aliphatic rings. The third-order valence-corrected chi connectivity index (χ3v) is 9.24. The van der Waals surface area contributed by atoms with Crippen molar-refractivity contribution < 1.29 is 36.6 Å². The zero-order chi connectivity index (χ0) is 28.8. The van der Waals surface area contributed by atoms with E-state index in [-0.39, 0.29) is 65.2 Å². The van der Waals surface area contributed by atoms with E-state index in [0.29, 0.717) is 0 Å². The first-order chi connectivity index (χ1) is 18.9. The number of hydrogen-bond donors (Lipinski definition) is 2. The van der Waals surface area contributed by atoms with Gasteiger partial charge in [0, 0.05) is 24.9 Å². The molecule has 3 aromatic rings. The van der Waals surface area contributed by atoms with Gasteiger partial charge in [0.2, 0.25) is 5.91 Å². The minimum atomic E-state index is -4.16. The molecule has 210 valence electrons. The summed E-state index contributed by atoms with van der Waals surface area (Å²) in [6.45, 7) is 2.93. The van der Waals surface area contributed by atoms with Gasteiger partial charge in [0.1, 0.15) is 23.5 Å². The summed E-state index contributed by atoms with van der Waals surface area (Å²) in [5.41, 5.74) is -0.126. The van der Waals surface area contributed by atoms with Crippen LogP contribution in [0.3, 0.4) is 0 Å². The van der Waals surface area contributed by atoms with Crippen LogP contribution in [-0.2, 0) is 19.6 Å². The third-order valence-electron chi connectivity index (χ3n) is 7.46. The molecule has 40 heavy (non-hydrogen) atoms. The lowest BCUT2D eigenvalue weighted by Crippen LogP contribution is -2.57. The molecule has 1 atom stereocenters. The maximum atomic E-state index is 14.6. The van der Waals surface area contributed by atoms with E-state index < -0.39 is 39.1 Å². The molecule has 1 amide bonds. The van der Waals surface area contributed by atoms with Crippen molar-refractivity contribution in [3.63, 3.8) is 0 Å². The predicted octanol–water partition coefficient (Wildman–Crippen LogP) is 4.66. The number of carboxylic acid groups (broad SMARTS) is 1. The van der Waals surface area contributed by atoms with Crippen LogP contribution < -0.4 is 14.4 Å². The fourth-order valence-electron chi connectivity index (χ4n) is 5.57. The van der Waals surface area contributed by atoms with Crippen LogP contribution in [0.2, 0.25) is 0 Å². The quantitative estimate of drug-likeness (QED) is 0.428. The number of benzene rings is 3. The summed E-state index contributed by atoms with van der Waals surface area (Å²) >= 11 is 0. The van der Waals surface area contributed by atoms with E-state index in [9.17, 15) is 31.9 Å². The maximum absolute atomic E-state index is 14.6. The molecule has 1 saturated carbocycles. The molecule has 0 bridgehead atoms. The van der Waals surface area contributed by atoms with Gasteiger partial charge in [-0.25, -0.2) is 17.2 Å². The Morgan fingerprint density at radius 2 is 1.85 bits per heavy atom. The van der Waals surface area contributed by atoms with Gasteiger partial charge in [0.15, 0.2) is 0 Å². The molecule has 1 fully saturated rings. The zero-order valence-electron chi connectivity index (χ0n) is 21.9. The standard InChI is InChI=1S/C29H28F2N2O6S/c1-17-4-3-5-23(10-17)40(37,38)33-16-22(15-29(28(35)36)13-21(14-29)32-18(2)34)39-27-9-6-19(11-26(27)33)24-12-20(30)7-8-25(24)31/h3-12,21-22H,13-16H2,1-2H3,(H,32,34)(H,35,36)/t21?,22-,29?/m0/s1. The highest BCUT2D eigenvalue weighted by Crippen LogP contribution is 2.48. The summed E-state index contributed by atoms with van der Waals surface area (Å²) in [5, 5.41) is 12.8. The van der Waals surface area contributed by atoms with Crippen molar-refractivity contribution in [3.8, 4) is 16.9 Å². The number of nitrogens with one attached hydrogen (secondary N) is 1. The van der Waals surface area contributed by atoms with E-state index >= 15 is 0 Å². The number of hydrogen-bond acceptors (Lipinski definition) is 5. The Bertz CT molecular complexity index is 1600. The number of fused-ring (bicyclic) bond motifs is 1. The number of rotatable bonds is 7. The average Bonchev–Trinajstić information content (AvgIpc) is 2.87. The number of halogens is 2. The molecule has 0 unspecified atom stereocenters. The fraction of sp³-hybridized carbons (Fsp3) is 0.310. The van der Waals surface area contributed by atoms with E-state index in [1.54, 1.807) is 19.1 Å². The first-order valence-electron chi connectivity index (χ1n) is 12.7. The second-order valence-corrected chi connectivity index (χ2v) is 12.4. The molecule has 5 rings (SSSR count). The summed E-state index contributed by atoms with van der Waals surface area (Å²) in [5.74, 6) is -2.45. The normalized spacial score (nSPS) is 22.1. The second kappa shape index (κ2) is 10.2. The Morgan fingerprint density at radius 1 is 1.10 bits per heavy atom. The fourth-order valence-corrected chi connectivity index (χ4v) is 7.18. The molecule has 0 saturated heterocycles. The number of nitrogens with zero attached hydrogens (tertiary/aromatic N) is 1. The Labute approximate surface area is 230 Å². The molecular formula is C29H28F2N2O6S. The topological polar surface area (TPSA) is 113 Å². The molecule has 0 spiro atoms. The average molecular weight is 571 g/mol. The van der Waals surface area contributed by atoms with Crippen molar-refractivity contribution in [2.45, 2.75) is 50.2 Å². The van der Waals surface area contributed by atoms with E-state index in [2.05, 4.69) is 5.32 Å². The lowest BCUT2D eigenvalue weighted by atomic mass is 9.62. The highest BCUT2D eigenvalue weighted by Gasteiger charge is 2.53. The van der Waals surface area contributed by atoms with Crippen LogP contribution in [0.15, 0.2) is 65.6 Å². The highest BCUT2D eigenvalue weighted by molar-refractivity contribution is 7.92. The summed E-state index contributed by atoms with van der Waals surface area (Å²) < 4.78 is 63.7. The summed E-state index contributed by atoms with van der Waals surface area (Å²) in [6, 6.07) is 13.5. The summed E-state index contributed by atoms with van der Waals surface area (Å²) in [6.07, 6.45) is -0.426. The predicted molar refractivity (Wildman–Crippen MR) is 143 cm³/mol. The van der Waals surface area contributed by atoms with E-state index in [4.69, 9.17) is 4.74 Å². The minimum Gasteiger partial charge on any atom is -0.486 e. The van der Waals surface area contributed by atoms with E-state index in [0.717, 1.165) is 28.1 Å². The van der Waals surface area contributed by atoms with Gasteiger partial charge >= 0.3 is 5.97 Å². The molecule has 2 N–H and O–H groups in total. The molecule has 0 aromatic heterocycles. The van der Waals surface area contributed by atoms with Gasteiger partial charge in [0.25, 0.3) is 10.0 Å². The van der Waals surface area contributed by atoms with Gasteiger partial charge in [-0.2, -0.15) is 0 Å². The number of aliphatic carboxylic acids is 1. The first-order valence-corrected chi connectivity index (χ1v) is 14.2.